The molecule has 2 N–H and O–H groups in total. The van der Waals surface area contributed by atoms with Gasteiger partial charge in [0.2, 0.25) is 5.91 Å². The molecule has 1 aliphatic rings. The maximum atomic E-state index is 12.9. The number of hydrogen-bond donors (Lipinski definition) is 2. The number of para-hydroxylation sites is 1. The number of amides is 2. The van der Waals surface area contributed by atoms with Crippen molar-refractivity contribution >= 4 is 17.5 Å². The Bertz CT molecular complexity index is 1080. The Labute approximate surface area is 176 Å². The Morgan fingerprint density at radius 2 is 1.83 bits per heavy atom. The summed E-state index contributed by atoms with van der Waals surface area (Å²) in [5.74, 6) is -0.206. The molecule has 1 aromatic heterocycles. The lowest BCUT2D eigenvalue weighted by Gasteiger charge is -2.08. The smallest absolute Gasteiger partial charge is 0.272 e. The molecule has 0 unspecified atom stereocenters. The van der Waals surface area contributed by atoms with Gasteiger partial charge in [-0.1, -0.05) is 30.3 Å². The van der Waals surface area contributed by atoms with Crippen molar-refractivity contribution < 1.29 is 9.59 Å². The summed E-state index contributed by atoms with van der Waals surface area (Å²) in [4.78, 5) is 24.0. The third-order valence-electron chi connectivity index (χ3n) is 5.46. The van der Waals surface area contributed by atoms with Crippen LogP contribution in [0, 0.1) is 6.92 Å². The molecule has 0 radical (unpaired) electrons. The van der Waals surface area contributed by atoms with Crippen LogP contribution in [-0.2, 0) is 24.1 Å². The fraction of sp³-hybridized carbons (Fsp3) is 0.292. The SMILES string of the molecule is CC(=O)Nc1ccc(CCNC(=O)c2nn(-c3ccccc3C)c3c2CCC3)cc1. The Morgan fingerprint density at radius 1 is 1.07 bits per heavy atom. The molecule has 6 nitrogen and oxygen atoms in total. The minimum atomic E-state index is -0.115. The molecule has 30 heavy (non-hydrogen) atoms. The van der Waals surface area contributed by atoms with Crippen molar-refractivity contribution in [1.82, 2.24) is 15.1 Å². The average Bonchev–Trinajstić information content (AvgIpc) is 3.32. The molecule has 154 valence electrons. The Kier molecular flexibility index (Phi) is 5.65. The van der Waals surface area contributed by atoms with Crippen molar-refractivity contribution in [3.05, 3.63) is 76.6 Å². The van der Waals surface area contributed by atoms with Crippen molar-refractivity contribution in [2.24, 2.45) is 0 Å². The molecule has 0 fully saturated rings. The van der Waals surface area contributed by atoms with E-state index in [1.54, 1.807) is 0 Å². The van der Waals surface area contributed by atoms with E-state index in [0.717, 1.165) is 53.0 Å². The van der Waals surface area contributed by atoms with Crippen molar-refractivity contribution in [3.63, 3.8) is 0 Å². The first kappa shape index (κ1) is 19.9. The number of aromatic nitrogens is 2. The van der Waals surface area contributed by atoms with E-state index < -0.39 is 0 Å². The highest BCUT2D eigenvalue weighted by atomic mass is 16.2. The van der Waals surface area contributed by atoms with Crippen LogP contribution < -0.4 is 10.6 Å². The first-order chi connectivity index (χ1) is 14.5. The van der Waals surface area contributed by atoms with E-state index in [1.807, 2.05) is 47.1 Å². The second-order valence-electron chi connectivity index (χ2n) is 7.71. The van der Waals surface area contributed by atoms with Gasteiger partial charge in [-0.25, -0.2) is 4.68 Å². The molecule has 0 atom stereocenters. The number of hydrogen-bond acceptors (Lipinski definition) is 3. The fourth-order valence-electron chi connectivity index (χ4n) is 3.98. The maximum Gasteiger partial charge on any atom is 0.272 e. The molecule has 3 aromatic rings. The Morgan fingerprint density at radius 3 is 2.57 bits per heavy atom. The number of nitrogens with one attached hydrogen (secondary N) is 2. The summed E-state index contributed by atoms with van der Waals surface area (Å²) in [5, 5.41) is 10.5. The highest BCUT2D eigenvalue weighted by Gasteiger charge is 2.27. The van der Waals surface area contributed by atoms with E-state index in [-0.39, 0.29) is 11.8 Å². The van der Waals surface area contributed by atoms with Gasteiger partial charge in [0, 0.05) is 30.4 Å². The van der Waals surface area contributed by atoms with Crippen LogP contribution in [0.4, 0.5) is 5.69 Å². The molecular weight excluding hydrogens is 376 g/mol. The standard InChI is InChI=1S/C24H26N4O2/c1-16-6-3-4-8-21(16)28-22-9-5-7-20(22)23(27-28)24(30)25-15-14-18-10-12-19(13-11-18)26-17(2)29/h3-4,6,8,10-13H,5,7,9,14-15H2,1-2H3,(H,25,30)(H,26,29). The van der Waals surface area contributed by atoms with Gasteiger partial charge in [-0.3, -0.25) is 9.59 Å². The number of carbonyl (C=O) groups is 2. The molecule has 0 aliphatic heterocycles. The largest absolute Gasteiger partial charge is 0.350 e. The Balaban J connectivity index is 1.44. The monoisotopic (exact) mass is 402 g/mol. The van der Waals surface area contributed by atoms with E-state index in [1.165, 1.54) is 6.92 Å². The van der Waals surface area contributed by atoms with E-state index in [9.17, 15) is 9.59 Å². The summed E-state index contributed by atoms with van der Waals surface area (Å²) in [7, 11) is 0. The minimum Gasteiger partial charge on any atom is -0.350 e. The van der Waals surface area contributed by atoms with Crippen molar-refractivity contribution in [3.8, 4) is 5.69 Å². The van der Waals surface area contributed by atoms with Crippen molar-refractivity contribution in [1.29, 1.82) is 0 Å². The quantitative estimate of drug-likeness (QED) is 0.661. The van der Waals surface area contributed by atoms with Crippen molar-refractivity contribution in [2.45, 2.75) is 39.5 Å². The number of carbonyl (C=O) groups excluding carboxylic acids is 2. The molecule has 0 saturated carbocycles. The minimum absolute atomic E-state index is 0.0901. The van der Waals surface area contributed by atoms with Gasteiger partial charge in [-0.05, 0) is 61.9 Å². The summed E-state index contributed by atoms with van der Waals surface area (Å²) in [6.07, 6.45) is 3.62. The zero-order chi connectivity index (χ0) is 21.1. The number of aryl methyl sites for hydroxylation is 1. The number of fused-ring (bicyclic) bond motifs is 1. The van der Waals surface area contributed by atoms with E-state index in [0.29, 0.717) is 18.7 Å². The third-order valence-corrected chi connectivity index (χ3v) is 5.46. The zero-order valence-corrected chi connectivity index (χ0v) is 17.4. The number of rotatable bonds is 6. The van der Waals surface area contributed by atoms with Gasteiger partial charge in [0.15, 0.2) is 5.69 Å². The molecule has 0 bridgehead atoms. The predicted octanol–water partition coefficient (Wildman–Crippen LogP) is 3.60. The van der Waals surface area contributed by atoms with Crippen molar-refractivity contribution in [2.75, 3.05) is 11.9 Å². The highest BCUT2D eigenvalue weighted by Crippen LogP contribution is 2.28. The van der Waals surface area contributed by atoms with Crippen LogP contribution in [0.3, 0.4) is 0 Å². The van der Waals surface area contributed by atoms with E-state index >= 15 is 0 Å². The lowest BCUT2D eigenvalue weighted by atomic mass is 10.1. The predicted molar refractivity (Wildman–Crippen MR) is 117 cm³/mol. The fourth-order valence-corrected chi connectivity index (χ4v) is 3.98. The first-order valence-electron chi connectivity index (χ1n) is 10.3. The zero-order valence-electron chi connectivity index (χ0n) is 17.4. The third kappa shape index (κ3) is 4.13. The van der Waals surface area contributed by atoms with Gasteiger partial charge in [0.05, 0.1) is 5.69 Å². The molecule has 0 spiro atoms. The second kappa shape index (κ2) is 8.53. The normalized spacial score (nSPS) is 12.5. The number of anilines is 1. The lowest BCUT2D eigenvalue weighted by Crippen LogP contribution is -2.27. The molecule has 0 saturated heterocycles. The van der Waals surface area contributed by atoms with Gasteiger partial charge >= 0.3 is 0 Å². The molecule has 6 heteroatoms. The number of nitrogens with zero attached hydrogens (tertiary/aromatic N) is 2. The van der Waals surface area contributed by atoms with Crippen LogP contribution in [0.2, 0.25) is 0 Å². The lowest BCUT2D eigenvalue weighted by molar-refractivity contribution is -0.114. The van der Waals surface area contributed by atoms with Crippen LogP contribution in [0.5, 0.6) is 0 Å². The second-order valence-corrected chi connectivity index (χ2v) is 7.71. The van der Waals surface area contributed by atoms with Crippen LogP contribution in [0.15, 0.2) is 48.5 Å². The molecule has 2 aromatic carbocycles. The summed E-state index contributed by atoms with van der Waals surface area (Å²) >= 11 is 0. The highest BCUT2D eigenvalue weighted by molar-refractivity contribution is 5.94. The summed E-state index contributed by atoms with van der Waals surface area (Å²) in [5.41, 5.74) is 6.83. The Hall–Kier alpha value is -3.41. The van der Waals surface area contributed by atoms with Crippen LogP contribution in [0.1, 0.15) is 46.2 Å². The molecule has 1 aliphatic carbocycles. The average molecular weight is 402 g/mol. The maximum absolute atomic E-state index is 12.9. The summed E-state index contributed by atoms with van der Waals surface area (Å²) < 4.78 is 1.95. The van der Waals surface area contributed by atoms with E-state index in [2.05, 4.69) is 23.6 Å². The molecular formula is C24H26N4O2. The van der Waals surface area contributed by atoms with Crippen LogP contribution in [0.25, 0.3) is 5.69 Å². The number of benzene rings is 2. The molecule has 1 heterocycles. The van der Waals surface area contributed by atoms with Gasteiger partial charge in [-0.15, -0.1) is 0 Å². The van der Waals surface area contributed by atoms with E-state index in [4.69, 9.17) is 5.10 Å². The summed E-state index contributed by atoms with van der Waals surface area (Å²) in [6.45, 7) is 4.08. The van der Waals surface area contributed by atoms with Crippen LogP contribution >= 0.6 is 0 Å². The first-order valence-corrected chi connectivity index (χ1v) is 10.3. The molecule has 2 amide bonds. The topological polar surface area (TPSA) is 76.0 Å². The van der Waals surface area contributed by atoms with Gasteiger partial charge in [-0.2, -0.15) is 5.10 Å². The van der Waals surface area contributed by atoms with Gasteiger partial charge < -0.3 is 10.6 Å². The molecule has 4 rings (SSSR count). The van der Waals surface area contributed by atoms with Gasteiger partial charge in [0.25, 0.3) is 5.91 Å². The van der Waals surface area contributed by atoms with Gasteiger partial charge in [0.1, 0.15) is 0 Å². The summed E-state index contributed by atoms with van der Waals surface area (Å²) in [6, 6.07) is 15.8. The van der Waals surface area contributed by atoms with Crippen LogP contribution in [-0.4, -0.2) is 28.1 Å².